The molecule has 0 fully saturated rings. The fraction of sp³-hybridized carbons (Fsp3) is 0.250. The van der Waals surface area contributed by atoms with Gasteiger partial charge in [-0.3, -0.25) is 0 Å². The number of hydrogen-bond acceptors (Lipinski definition) is 4. The second-order valence-corrected chi connectivity index (χ2v) is 17.6. The molecule has 0 heterocycles. The van der Waals surface area contributed by atoms with Gasteiger partial charge in [-0.15, -0.1) is 0 Å². The van der Waals surface area contributed by atoms with Crippen LogP contribution in [0.5, 0.6) is 0 Å². The van der Waals surface area contributed by atoms with Gasteiger partial charge >= 0.3 is 5.97 Å². The van der Waals surface area contributed by atoms with Crippen LogP contribution in [0.4, 0.5) is 11.4 Å². The van der Waals surface area contributed by atoms with Crippen LogP contribution in [0, 0.1) is 5.41 Å². The van der Waals surface area contributed by atoms with Crippen LogP contribution in [-0.4, -0.2) is 37.3 Å². The van der Waals surface area contributed by atoms with Crippen molar-refractivity contribution in [3.63, 3.8) is 0 Å². The molecule has 0 bridgehead atoms. The molecule has 6 aromatic carbocycles. The number of aromatic carboxylic acids is 1. The first-order chi connectivity index (χ1) is 27.2. The summed E-state index contributed by atoms with van der Waals surface area (Å²) in [5.74, 6) is -0.964. The maximum atomic E-state index is 12.1. The van der Waals surface area contributed by atoms with Crippen LogP contribution in [0.25, 0.3) is 44.3 Å². The Morgan fingerprint density at radius 2 is 1.51 bits per heavy atom. The second kappa shape index (κ2) is 14.5. The van der Waals surface area contributed by atoms with Crippen LogP contribution >= 0.6 is 0 Å². The van der Waals surface area contributed by atoms with Crippen LogP contribution in [-0.2, 0) is 12.0 Å². The number of carboxylic acid groups (broad SMARTS) is 1. The molecule has 2 N–H and O–H groups in total. The second-order valence-electron chi connectivity index (χ2n) is 17.6. The van der Waals surface area contributed by atoms with Crippen LogP contribution < -0.4 is 9.80 Å². The Bertz CT molecular complexity index is 2620. The Morgan fingerprint density at radius 1 is 0.807 bits per heavy atom. The smallest absolute Gasteiger partial charge is 0.335 e. The van der Waals surface area contributed by atoms with E-state index in [1.807, 2.05) is 18.2 Å². The van der Waals surface area contributed by atoms with Crippen LogP contribution in [0.1, 0.15) is 84.8 Å². The molecule has 6 aromatic rings. The molecular weight excluding hydrogens is 701 g/mol. The Kier molecular flexibility index (Phi) is 9.70. The van der Waals surface area contributed by atoms with E-state index in [0.29, 0.717) is 0 Å². The molecule has 0 spiro atoms. The number of benzene rings is 6. The number of aliphatic hydroxyl groups excluding tert-OH is 1. The molecule has 0 aliphatic heterocycles. The van der Waals surface area contributed by atoms with Crippen molar-refractivity contribution < 1.29 is 15.0 Å². The molecule has 57 heavy (non-hydrogen) atoms. The number of carbonyl (C=O) groups is 1. The van der Waals surface area contributed by atoms with Gasteiger partial charge in [-0.1, -0.05) is 130 Å². The summed E-state index contributed by atoms with van der Waals surface area (Å²) < 4.78 is 0. The van der Waals surface area contributed by atoms with Crippen molar-refractivity contribution in [3.8, 4) is 11.1 Å². The fourth-order valence-corrected chi connectivity index (χ4v) is 9.18. The van der Waals surface area contributed by atoms with Crippen molar-refractivity contribution in [2.45, 2.75) is 58.6 Å². The van der Waals surface area contributed by atoms with E-state index in [1.165, 1.54) is 38.7 Å². The normalized spacial score (nSPS) is 16.1. The van der Waals surface area contributed by atoms with Gasteiger partial charge in [0.05, 0.1) is 11.7 Å². The Balaban J connectivity index is 1.32. The maximum absolute atomic E-state index is 12.1. The number of fused-ring (bicyclic) bond motifs is 5. The van der Waals surface area contributed by atoms with Gasteiger partial charge in [0.25, 0.3) is 0 Å². The summed E-state index contributed by atoms with van der Waals surface area (Å²) in [6.45, 7) is 10.2. The average Bonchev–Trinajstić information content (AvgIpc) is 3.18. The van der Waals surface area contributed by atoms with E-state index in [2.05, 4.69) is 144 Å². The van der Waals surface area contributed by atoms with Crippen molar-refractivity contribution in [1.29, 1.82) is 0 Å². The van der Waals surface area contributed by atoms with E-state index in [9.17, 15) is 15.0 Å². The lowest BCUT2D eigenvalue weighted by Crippen LogP contribution is -2.28. The molecule has 0 saturated carbocycles. The minimum atomic E-state index is -0.964. The average molecular weight is 753 g/mol. The van der Waals surface area contributed by atoms with Crippen molar-refractivity contribution in [2.75, 3.05) is 30.9 Å². The molecule has 5 nitrogen and oxygen atoms in total. The molecule has 2 aliphatic carbocycles. The zero-order chi connectivity index (χ0) is 40.2. The van der Waals surface area contributed by atoms with Crippen molar-refractivity contribution >= 4 is 50.5 Å². The molecule has 0 saturated heterocycles. The highest BCUT2D eigenvalue weighted by atomic mass is 16.4. The highest BCUT2D eigenvalue weighted by molar-refractivity contribution is 6.05. The summed E-state index contributed by atoms with van der Waals surface area (Å²) in [7, 11) is 6.34. The van der Waals surface area contributed by atoms with E-state index in [4.69, 9.17) is 0 Å². The zero-order valence-corrected chi connectivity index (χ0v) is 34.1. The van der Waals surface area contributed by atoms with Gasteiger partial charge in [-0.25, -0.2) is 4.79 Å². The van der Waals surface area contributed by atoms with Gasteiger partial charge in [0.15, 0.2) is 0 Å². The molecule has 288 valence electrons. The Hall–Kier alpha value is -5.91. The number of hydrogen-bond donors (Lipinski definition) is 2. The highest BCUT2D eigenvalue weighted by Crippen LogP contribution is 2.53. The van der Waals surface area contributed by atoms with Gasteiger partial charge < -0.3 is 20.0 Å². The summed E-state index contributed by atoms with van der Waals surface area (Å²) in [5, 5.41) is 26.0. The topological polar surface area (TPSA) is 64.0 Å². The Morgan fingerprint density at radius 3 is 2.23 bits per heavy atom. The number of allylic oxidation sites excluding steroid dienone is 4. The third-order valence-corrected chi connectivity index (χ3v) is 12.0. The zero-order valence-electron chi connectivity index (χ0n) is 34.1. The van der Waals surface area contributed by atoms with E-state index in [-0.39, 0.29) is 16.4 Å². The van der Waals surface area contributed by atoms with Crippen molar-refractivity contribution in [1.82, 2.24) is 0 Å². The monoisotopic (exact) mass is 752 g/mol. The van der Waals surface area contributed by atoms with E-state index >= 15 is 0 Å². The fourth-order valence-electron chi connectivity index (χ4n) is 9.18. The van der Waals surface area contributed by atoms with Gasteiger partial charge in [0, 0.05) is 50.0 Å². The lowest BCUT2D eigenvalue weighted by atomic mass is 9.64. The SMILES string of the molecule is CN(C)c1ccc(CN(C)c2cc(-c3ccc4ccccc4c3C(O)C=Cc3ccc(C(=O)O)cc3)cc3ccc4c(c23)C(C)(C)CC2=C4C=CC(C)(C)C2)cc1. The largest absolute Gasteiger partial charge is 0.478 e. The van der Waals surface area contributed by atoms with Gasteiger partial charge in [0.2, 0.25) is 0 Å². The minimum Gasteiger partial charge on any atom is -0.478 e. The molecule has 0 aromatic heterocycles. The van der Waals surface area contributed by atoms with E-state index < -0.39 is 12.1 Å². The standard InChI is InChI=1S/C52H52N2O3/c1-51(2)27-26-41-39(30-51)31-52(3,4)49-44(41)24-20-37-28-38(29-45(47(37)49)54(7)32-34-14-21-40(22-15-34)53(5)6)43-23-19-35-10-8-9-11-42(35)48(43)46(55)25-16-33-12-17-36(18-13-33)50(56)57/h8-29,46,55H,30-32H2,1-7H3,(H,56,57). The quantitative estimate of drug-likeness (QED) is 0.154. The first-order valence-corrected chi connectivity index (χ1v) is 19.9. The molecule has 0 radical (unpaired) electrons. The molecule has 1 unspecified atom stereocenters. The minimum absolute atomic E-state index is 0.0861. The lowest BCUT2D eigenvalue weighted by molar-refractivity contribution is 0.0697. The van der Waals surface area contributed by atoms with Crippen LogP contribution in [0.15, 0.2) is 133 Å². The molecule has 2 aliphatic rings. The third kappa shape index (κ3) is 7.29. The highest BCUT2D eigenvalue weighted by Gasteiger charge is 2.37. The van der Waals surface area contributed by atoms with Gasteiger partial charge in [-0.2, -0.15) is 0 Å². The summed E-state index contributed by atoms with van der Waals surface area (Å²) in [5.41, 5.74) is 13.2. The number of anilines is 2. The third-order valence-electron chi connectivity index (χ3n) is 12.0. The summed E-state index contributed by atoms with van der Waals surface area (Å²) in [6, 6.07) is 37.3. The summed E-state index contributed by atoms with van der Waals surface area (Å²) >= 11 is 0. The van der Waals surface area contributed by atoms with E-state index in [1.54, 1.807) is 35.9 Å². The van der Waals surface area contributed by atoms with Gasteiger partial charge in [0.1, 0.15) is 0 Å². The Labute approximate surface area is 336 Å². The predicted molar refractivity (Wildman–Crippen MR) is 239 cm³/mol. The van der Waals surface area contributed by atoms with Crippen LogP contribution in [0.2, 0.25) is 0 Å². The number of rotatable bonds is 9. The van der Waals surface area contributed by atoms with Crippen molar-refractivity contribution in [3.05, 3.63) is 166 Å². The van der Waals surface area contributed by atoms with E-state index in [0.717, 1.165) is 58.1 Å². The van der Waals surface area contributed by atoms with Crippen molar-refractivity contribution in [2.24, 2.45) is 5.41 Å². The molecular formula is C52H52N2O3. The molecule has 1 atom stereocenters. The number of aliphatic hydroxyl groups is 1. The number of nitrogens with zero attached hydrogens (tertiary/aromatic N) is 2. The lowest BCUT2D eigenvalue weighted by Gasteiger charge is -2.41. The first kappa shape index (κ1) is 38.0. The number of carboxylic acids is 1. The molecule has 5 heteroatoms. The maximum Gasteiger partial charge on any atom is 0.335 e. The molecule has 8 rings (SSSR count). The molecule has 0 amide bonds. The van der Waals surface area contributed by atoms with Gasteiger partial charge in [-0.05, 0) is 115 Å². The summed E-state index contributed by atoms with van der Waals surface area (Å²) in [4.78, 5) is 16.0. The predicted octanol–water partition coefficient (Wildman–Crippen LogP) is 12.2. The van der Waals surface area contributed by atoms with Crippen LogP contribution in [0.3, 0.4) is 0 Å². The first-order valence-electron chi connectivity index (χ1n) is 19.9. The summed E-state index contributed by atoms with van der Waals surface area (Å²) in [6.07, 6.45) is 9.59.